The normalized spacial score (nSPS) is 36.4. The molecule has 0 radical (unpaired) electrons. The second kappa shape index (κ2) is 7.49. The summed E-state index contributed by atoms with van der Waals surface area (Å²) >= 11 is 0. The van der Waals surface area contributed by atoms with Crippen LogP contribution in [-0.4, -0.2) is 45.3 Å². The molecule has 0 aromatic heterocycles. The van der Waals surface area contributed by atoms with Crippen LogP contribution in [0.25, 0.3) is 0 Å². The Balaban J connectivity index is 1.54. The lowest BCUT2D eigenvalue weighted by Gasteiger charge is -2.44. The van der Waals surface area contributed by atoms with Crippen molar-refractivity contribution in [3.05, 3.63) is 0 Å². The van der Waals surface area contributed by atoms with E-state index in [9.17, 15) is 4.79 Å². The first-order valence-corrected chi connectivity index (χ1v) is 9.36. The molecule has 5 nitrogen and oxygen atoms in total. The summed E-state index contributed by atoms with van der Waals surface area (Å²) in [5, 5.41) is 6.66. The minimum Gasteiger partial charge on any atom is -0.384 e. The molecule has 1 saturated heterocycles. The summed E-state index contributed by atoms with van der Waals surface area (Å²) in [6, 6.07) is 0.331. The Morgan fingerprint density at radius 2 is 1.91 bits per heavy atom. The molecule has 2 bridgehead atoms. The van der Waals surface area contributed by atoms with Gasteiger partial charge in [0, 0.05) is 31.0 Å². The molecular formula is C18H33N3O2. The lowest BCUT2D eigenvalue weighted by molar-refractivity contribution is -0.128. The topological polar surface area (TPSA) is 76.4 Å². The summed E-state index contributed by atoms with van der Waals surface area (Å²) in [7, 11) is 1.76. The third kappa shape index (κ3) is 3.89. The highest BCUT2D eigenvalue weighted by Gasteiger charge is 2.41. The maximum absolute atomic E-state index is 12.7. The lowest BCUT2D eigenvalue weighted by Crippen LogP contribution is -2.51. The Morgan fingerprint density at radius 1 is 1.26 bits per heavy atom. The average molecular weight is 323 g/mol. The molecule has 2 unspecified atom stereocenters. The summed E-state index contributed by atoms with van der Waals surface area (Å²) in [6.45, 7) is 3.51. The van der Waals surface area contributed by atoms with E-state index in [0.29, 0.717) is 17.9 Å². The molecule has 3 fully saturated rings. The molecule has 3 rings (SSSR count). The van der Waals surface area contributed by atoms with E-state index in [0.717, 1.165) is 51.9 Å². The van der Waals surface area contributed by atoms with Crippen molar-refractivity contribution in [2.24, 2.45) is 28.9 Å². The highest BCUT2D eigenvalue weighted by Crippen LogP contribution is 2.42. The van der Waals surface area contributed by atoms with Gasteiger partial charge in [-0.3, -0.25) is 4.79 Å². The Bertz CT molecular complexity index is 390. The third-order valence-corrected chi connectivity index (χ3v) is 6.54. The van der Waals surface area contributed by atoms with Gasteiger partial charge in [-0.25, -0.2) is 0 Å². The number of fused-ring (bicyclic) bond motifs is 2. The van der Waals surface area contributed by atoms with E-state index >= 15 is 0 Å². The first kappa shape index (κ1) is 17.2. The predicted molar refractivity (Wildman–Crippen MR) is 91.0 cm³/mol. The van der Waals surface area contributed by atoms with Crippen LogP contribution in [0.5, 0.6) is 0 Å². The summed E-state index contributed by atoms with van der Waals surface area (Å²) in [4.78, 5) is 12.7. The second-order valence-corrected chi connectivity index (χ2v) is 8.10. The molecule has 2 saturated carbocycles. The molecule has 0 spiro atoms. The molecular weight excluding hydrogens is 290 g/mol. The molecule has 2 atom stereocenters. The Hall–Kier alpha value is -0.650. The highest BCUT2D eigenvalue weighted by atomic mass is 16.5. The fourth-order valence-corrected chi connectivity index (χ4v) is 5.06. The highest BCUT2D eigenvalue weighted by molar-refractivity contribution is 5.78. The van der Waals surface area contributed by atoms with Crippen LogP contribution in [0.1, 0.15) is 44.9 Å². The zero-order valence-corrected chi connectivity index (χ0v) is 14.5. The first-order valence-electron chi connectivity index (χ1n) is 9.36. The number of hydrogen-bond donors (Lipinski definition) is 3. The molecule has 0 aromatic carbocycles. The van der Waals surface area contributed by atoms with Gasteiger partial charge < -0.3 is 21.1 Å². The van der Waals surface area contributed by atoms with Gasteiger partial charge in [-0.05, 0) is 63.5 Å². The van der Waals surface area contributed by atoms with Crippen molar-refractivity contribution >= 4 is 5.91 Å². The zero-order valence-electron chi connectivity index (χ0n) is 14.5. The van der Waals surface area contributed by atoms with Crippen molar-refractivity contribution in [2.75, 3.05) is 33.4 Å². The quantitative estimate of drug-likeness (QED) is 0.712. The number of rotatable bonds is 5. The van der Waals surface area contributed by atoms with E-state index in [1.54, 1.807) is 7.11 Å². The fourth-order valence-electron chi connectivity index (χ4n) is 5.06. The molecule has 132 valence electrons. The van der Waals surface area contributed by atoms with Gasteiger partial charge in [0.15, 0.2) is 0 Å². The monoisotopic (exact) mass is 323 g/mol. The van der Waals surface area contributed by atoms with Crippen molar-refractivity contribution in [3.8, 4) is 0 Å². The van der Waals surface area contributed by atoms with E-state index in [2.05, 4.69) is 10.6 Å². The number of hydrogen-bond acceptors (Lipinski definition) is 4. The summed E-state index contributed by atoms with van der Waals surface area (Å²) in [5.74, 6) is 1.55. The van der Waals surface area contributed by atoms with E-state index in [-0.39, 0.29) is 17.2 Å². The van der Waals surface area contributed by atoms with Crippen molar-refractivity contribution < 1.29 is 9.53 Å². The van der Waals surface area contributed by atoms with Gasteiger partial charge in [-0.2, -0.15) is 0 Å². The standard InChI is InChI=1S/C18H33N3O2/c1-23-12-18(5-7-20-8-6-18)11-21-17(22)15-9-13-3-2-4-14(10-15)16(13)19/h13-16,20H,2-12,19H2,1H3,(H,21,22). The molecule has 1 aliphatic heterocycles. The van der Waals surface area contributed by atoms with Crippen LogP contribution in [0.3, 0.4) is 0 Å². The third-order valence-electron chi connectivity index (χ3n) is 6.54. The summed E-state index contributed by atoms with van der Waals surface area (Å²) in [5.41, 5.74) is 6.45. The van der Waals surface area contributed by atoms with Gasteiger partial charge >= 0.3 is 0 Å². The number of nitrogens with one attached hydrogen (secondary N) is 2. The van der Waals surface area contributed by atoms with Crippen LogP contribution >= 0.6 is 0 Å². The number of piperidine rings is 1. The average Bonchev–Trinajstić information content (AvgIpc) is 2.54. The second-order valence-electron chi connectivity index (χ2n) is 8.10. The molecule has 2 aliphatic carbocycles. The van der Waals surface area contributed by atoms with E-state index in [1.165, 1.54) is 19.3 Å². The fraction of sp³-hybridized carbons (Fsp3) is 0.944. The van der Waals surface area contributed by atoms with Gasteiger partial charge in [0.05, 0.1) is 6.61 Å². The summed E-state index contributed by atoms with van der Waals surface area (Å²) < 4.78 is 5.44. The van der Waals surface area contributed by atoms with Gasteiger partial charge in [0.1, 0.15) is 0 Å². The van der Waals surface area contributed by atoms with E-state index in [1.807, 2.05) is 0 Å². The van der Waals surface area contributed by atoms with Gasteiger partial charge in [-0.15, -0.1) is 0 Å². The van der Waals surface area contributed by atoms with Crippen molar-refractivity contribution in [3.63, 3.8) is 0 Å². The largest absolute Gasteiger partial charge is 0.384 e. The number of nitrogens with two attached hydrogens (primary N) is 1. The van der Waals surface area contributed by atoms with E-state index in [4.69, 9.17) is 10.5 Å². The lowest BCUT2D eigenvalue weighted by atomic mass is 9.65. The number of carbonyl (C=O) groups excluding carboxylic acids is 1. The zero-order chi connectivity index (χ0) is 16.3. The number of carbonyl (C=O) groups is 1. The molecule has 0 aromatic rings. The number of ether oxygens (including phenoxy) is 1. The van der Waals surface area contributed by atoms with Crippen LogP contribution in [0.15, 0.2) is 0 Å². The Labute approximate surface area is 140 Å². The maximum atomic E-state index is 12.7. The van der Waals surface area contributed by atoms with Crippen LogP contribution in [0.4, 0.5) is 0 Å². The Kier molecular flexibility index (Phi) is 5.60. The van der Waals surface area contributed by atoms with Crippen LogP contribution in [0.2, 0.25) is 0 Å². The van der Waals surface area contributed by atoms with Crippen LogP contribution in [-0.2, 0) is 9.53 Å². The van der Waals surface area contributed by atoms with Crippen molar-refractivity contribution in [2.45, 2.75) is 51.0 Å². The van der Waals surface area contributed by atoms with Crippen LogP contribution < -0.4 is 16.4 Å². The Morgan fingerprint density at radius 3 is 2.52 bits per heavy atom. The minimum absolute atomic E-state index is 0.108. The maximum Gasteiger partial charge on any atom is 0.223 e. The van der Waals surface area contributed by atoms with Gasteiger partial charge in [-0.1, -0.05) is 6.42 Å². The SMILES string of the molecule is COCC1(CNC(=O)C2CC3CCCC(C2)C3N)CCNCC1. The van der Waals surface area contributed by atoms with Crippen molar-refractivity contribution in [1.82, 2.24) is 10.6 Å². The molecule has 3 aliphatic rings. The van der Waals surface area contributed by atoms with Gasteiger partial charge in [0.2, 0.25) is 5.91 Å². The first-order chi connectivity index (χ1) is 11.1. The molecule has 5 heteroatoms. The molecule has 1 amide bonds. The predicted octanol–water partition coefficient (Wildman–Crippen LogP) is 1.27. The number of methoxy groups -OCH3 is 1. The molecule has 23 heavy (non-hydrogen) atoms. The van der Waals surface area contributed by atoms with E-state index < -0.39 is 0 Å². The molecule has 4 N–H and O–H groups in total. The molecule has 1 heterocycles. The van der Waals surface area contributed by atoms with Crippen LogP contribution in [0, 0.1) is 23.2 Å². The number of amides is 1. The smallest absolute Gasteiger partial charge is 0.223 e. The summed E-state index contributed by atoms with van der Waals surface area (Å²) in [6.07, 6.45) is 7.83. The minimum atomic E-state index is 0.108. The van der Waals surface area contributed by atoms with Crippen molar-refractivity contribution in [1.29, 1.82) is 0 Å². The van der Waals surface area contributed by atoms with Gasteiger partial charge in [0.25, 0.3) is 0 Å².